The van der Waals surface area contributed by atoms with Crippen molar-refractivity contribution in [2.24, 2.45) is 5.16 Å². The number of nitrogens with one attached hydrogen (secondary N) is 1. The predicted octanol–water partition coefficient (Wildman–Crippen LogP) is 3.54. The van der Waals surface area contributed by atoms with Crippen LogP contribution in [0, 0.1) is 5.13 Å². The number of ether oxygens (including phenoxy) is 1. The highest BCUT2D eigenvalue weighted by atomic mass is 32.2. The third-order valence-corrected chi connectivity index (χ3v) is 8.34. The van der Waals surface area contributed by atoms with Crippen LogP contribution < -0.4 is 5.32 Å². The Hall–Kier alpha value is -2.37. The number of sulfone groups is 1. The van der Waals surface area contributed by atoms with Crippen LogP contribution in [0.25, 0.3) is 0 Å². The molecule has 2 aliphatic rings. The lowest BCUT2D eigenvalue weighted by Gasteiger charge is -2.12. The number of anilines is 1. The number of hydrogen-bond donors (Lipinski definition) is 1. The standard InChI is InChI=1S/C21H24FN3O5S2/c1-2-29-14-5-6-15(11-14)30-25-19(20(26)24-21-23-12-18(22)31-21)13-3-7-16(8-4-13)32(27,28)17-9-10-17/h3-4,7-8,12,14-15,17H,2,5-6,9-11H2,1H3,(H,23,24,26)/b25-19+/t14?,15-/m1/s1. The second-order valence-electron chi connectivity index (χ2n) is 7.75. The summed E-state index contributed by atoms with van der Waals surface area (Å²) in [5, 5.41) is 5.84. The fourth-order valence-corrected chi connectivity index (χ4v) is 5.77. The molecule has 2 fully saturated rings. The predicted molar refractivity (Wildman–Crippen MR) is 118 cm³/mol. The third kappa shape index (κ3) is 5.33. The first-order valence-electron chi connectivity index (χ1n) is 10.5. The van der Waals surface area contributed by atoms with Gasteiger partial charge in [-0.25, -0.2) is 13.4 Å². The van der Waals surface area contributed by atoms with Crippen molar-refractivity contribution < 1.29 is 27.2 Å². The van der Waals surface area contributed by atoms with Crippen molar-refractivity contribution in [3.05, 3.63) is 41.2 Å². The molecule has 2 saturated carbocycles. The quantitative estimate of drug-likeness (QED) is 0.434. The minimum Gasteiger partial charge on any atom is -0.392 e. The van der Waals surface area contributed by atoms with Gasteiger partial charge >= 0.3 is 0 Å². The molecule has 1 N–H and O–H groups in total. The average molecular weight is 482 g/mol. The zero-order valence-electron chi connectivity index (χ0n) is 17.5. The molecule has 2 atom stereocenters. The fourth-order valence-electron chi connectivity index (χ4n) is 3.58. The molecule has 0 saturated heterocycles. The molecule has 4 rings (SSSR count). The van der Waals surface area contributed by atoms with Crippen LogP contribution in [-0.4, -0.2) is 49.1 Å². The van der Waals surface area contributed by atoms with E-state index in [2.05, 4.69) is 15.5 Å². The first-order chi connectivity index (χ1) is 15.4. The van der Waals surface area contributed by atoms with E-state index in [0.29, 0.717) is 42.8 Å². The van der Waals surface area contributed by atoms with Crippen LogP contribution in [0.3, 0.4) is 0 Å². The van der Waals surface area contributed by atoms with Gasteiger partial charge in [0.25, 0.3) is 5.91 Å². The molecule has 0 radical (unpaired) electrons. The Balaban J connectivity index is 1.54. The van der Waals surface area contributed by atoms with Gasteiger partial charge in [-0.15, -0.1) is 0 Å². The zero-order valence-corrected chi connectivity index (χ0v) is 19.1. The third-order valence-electron chi connectivity index (χ3n) is 5.36. The minimum absolute atomic E-state index is 0.0455. The summed E-state index contributed by atoms with van der Waals surface area (Å²) in [7, 11) is -3.35. The van der Waals surface area contributed by atoms with Crippen molar-refractivity contribution in [2.45, 2.75) is 61.4 Å². The molecule has 0 spiro atoms. The normalized spacial score (nSPS) is 21.5. The molecule has 8 nitrogen and oxygen atoms in total. The van der Waals surface area contributed by atoms with Crippen LogP contribution in [-0.2, 0) is 24.2 Å². The molecular formula is C21H24FN3O5S2. The van der Waals surface area contributed by atoms with E-state index in [0.717, 1.165) is 19.0 Å². The lowest BCUT2D eigenvalue weighted by Crippen LogP contribution is -2.25. The topological polar surface area (TPSA) is 107 Å². The van der Waals surface area contributed by atoms with E-state index in [1.807, 2.05) is 6.92 Å². The van der Waals surface area contributed by atoms with Gasteiger partial charge in [-0.2, -0.15) is 4.39 Å². The first-order valence-corrected chi connectivity index (χ1v) is 12.9. The molecule has 1 amide bonds. The van der Waals surface area contributed by atoms with Gasteiger partial charge in [-0.3, -0.25) is 10.1 Å². The first kappa shape index (κ1) is 22.8. The van der Waals surface area contributed by atoms with Crippen molar-refractivity contribution >= 4 is 37.9 Å². The Morgan fingerprint density at radius 1 is 1.22 bits per heavy atom. The van der Waals surface area contributed by atoms with Gasteiger partial charge in [-0.1, -0.05) is 28.6 Å². The average Bonchev–Trinajstić information content (AvgIpc) is 3.43. The maximum Gasteiger partial charge on any atom is 0.280 e. The molecule has 1 aromatic carbocycles. The lowest BCUT2D eigenvalue weighted by atomic mass is 10.1. The van der Waals surface area contributed by atoms with Crippen molar-refractivity contribution in [2.75, 3.05) is 11.9 Å². The molecule has 2 aliphatic carbocycles. The van der Waals surface area contributed by atoms with E-state index in [9.17, 15) is 17.6 Å². The van der Waals surface area contributed by atoms with Gasteiger partial charge in [0.05, 0.1) is 22.4 Å². The van der Waals surface area contributed by atoms with E-state index in [-0.39, 0.29) is 33.2 Å². The summed E-state index contributed by atoms with van der Waals surface area (Å²) in [6.07, 6.45) is 4.52. The van der Waals surface area contributed by atoms with Crippen LogP contribution in [0.2, 0.25) is 0 Å². The second-order valence-corrected chi connectivity index (χ2v) is 11.0. The molecule has 32 heavy (non-hydrogen) atoms. The van der Waals surface area contributed by atoms with Crippen LogP contribution >= 0.6 is 11.3 Å². The number of nitrogens with zero attached hydrogens (tertiary/aromatic N) is 2. The summed E-state index contributed by atoms with van der Waals surface area (Å²) in [5.41, 5.74) is 0.337. The van der Waals surface area contributed by atoms with Crippen LogP contribution in [0.1, 0.15) is 44.6 Å². The number of thiazole rings is 1. The maximum atomic E-state index is 13.3. The van der Waals surface area contributed by atoms with Crippen molar-refractivity contribution in [3.63, 3.8) is 0 Å². The number of halogens is 1. The Morgan fingerprint density at radius 2 is 1.94 bits per heavy atom. The molecule has 2 aromatic rings. The Bertz CT molecular complexity index is 1100. The number of carbonyl (C=O) groups excluding carboxylic acids is 1. The monoisotopic (exact) mass is 481 g/mol. The van der Waals surface area contributed by atoms with Crippen molar-refractivity contribution in [3.8, 4) is 0 Å². The van der Waals surface area contributed by atoms with E-state index in [1.165, 1.54) is 24.3 Å². The summed E-state index contributed by atoms with van der Waals surface area (Å²) in [5.74, 6) is -0.628. The molecule has 1 aromatic heterocycles. The number of rotatable bonds is 9. The lowest BCUT2D eigenvalue weighted by molar-refractivity contribution is -0.110. The van der Waals surface area contributed by atoms with Gasteiger partial charge in [0.15, 0.2) is 25.8 Å². The highest BCUT2D eigenvalue weighted by molar-refractivity contribution is 7.92. The number of amides is 1. The number of aromatic nitrogens is 1. The van der Waals surface area contributed by atoms with Gasteiger partial charge in [0.2, 0.25) is 0 Å². The van der Waals surface area contributed by atoms with E-state index >= 15 is 0 Å². The molecule has 172 valence electrons. The molecule has 0 aliphatic heterocycles. The summed E-state index contributed by atoms with van der Waals surface area (Å²) in [6, 6.07) is 5.99. The van der Waals surface area contributed by atoms with Crippen LogP contribution in [0.5, 0.6) is 0 Å². The maximum absolute atomic E-state index is 13.3. The summed E-state index contributed by atoms with van der Waals surface area (Å²) >= 11 is 0.692. The smallest absolute Gasteiger partial charge is 0.280 e. The van der Waals surface area contributed by atoms with Crippen molar-refractivity contribution in [1.82, 2.24) is 4.98 Å². The number of hydrogen-bond acceptors (Lipinski definition) is 8. The second kappa shape index (κ2) is 9.63. The Kier molecular flexibility index (Phi) is 6.87. The Morgan fingerprint density at radius 3 is 2.56 bits per heavy atom. The number of benzene rings is 1. The number of oxime groups is 1. The van der Waals surface area contributed by atoms with Gasteiger partial charge < -0.3 is 9.57 Å². The highest BCUT2D eigenvalue weighted by Crippen LogP contribution is 2.33. The number of carbonyl (C=O) groups is 1. The van der Waals surface area contributed by atoms with Gasteiger partial charge in [-0.05, 0) is 44.7 Å². The highest BCUT2D eigenvalue weighted by Gasteiger charge is 2.37. The molecule has 1 unspecified atom stereocenters. The van der Waals surface area contributed by atoms with Crippen LogP contribution in [0.4, 0.5) is 9.52 Å². The fraction of sp³-hybridized carbons (Fsp3) is 0.476. The van der Waals surface area contributed by atoms with Gasteiger partial charge in [0.1, 0.15) is 6.10 Å². The molecule has 11 heteroatoms. The molecular weight excluding hydrogens is 457 g/mol. The Labute approximate surface area is 189 Å². The zero-order chi connectivity index (χ0) is 22.7. The SMILES string of the molecule is CCOC1CC[C@@H](O/N=C(/C(=O)Nc2ncc(F)s2)c2ccc(S(=O)(=O)C3CC3)cc2)C1. The minimum atomic E-state index is -3.35. The van der Waals surface area contributed by atoms with Gasteiger partial charge in [0, 0.05) is 18.6 Å². The van der Waals surface area contributed by atoms with E-state index < -0.39 is 20.9 Å². The van der Waals surface area contributed by atoms with E-state index in [4.69, 9.17) is 9.57 Å². The van der Waals surface area contributed by atoms with Crippen LogP contribution in [0.15, 0.2) is 40.5 Å². The van der Waals surface area contributed by atoms with E-state index in [1.54, 1.807) is 0 Å². The summed E-state index contributed by atoms with van der Waals surface area (Å²) in [4.78, 5) is 22.5. The largest absolute Gasteiger partial charge is 0.392 e. The van der Waals surface area contributed by atoms with Crippen molar-refractivity contribution in [1.29, 1.82) is 0 Å². The molecule has 0 bridgehead atoms. The summed E-state index contributed by atoms with van der Waals surface area (Å²) in [6.45, 7) is 2.55. The molecule has 1 heterocycles. The summed E-state index contributed by atoms with van der Waals surface area (Å²) < 4.78 is 43.8.